The molecule has 0 saturated heterocycles. The van der Waals surface area contributed by atoms with Crippen molar-refractivity contribution in [2.24, 2.45) is 0 Å². The highest BCUT2D eigenvalue weighted by atomic mass is 16.5. The molecule has 0 aliphatic rings. The largest absolute Gasteiger partial charge is 0.469 e. The molecule has 0 aromatic heterocycles. The van der Waals surface area contributed by atoms with Crippen molar-refractivity contribution in [3.63, 3.8) is 0 Å². The van der Waals surface area contributed by atoms with E-state index >= 15 is 0 Å². The summed E-state index contributed by atoms with van der Waals surface area (Å²) in [6.07, 6.45) is 2.04. The van der Waals surface area contributed by atoms with Gasteiger partial charge in [0.2, 0.25) is 5.91 Å². The van der Waals surface area contributed by atoms with Crippen LogP contribution in [0.1, 0.15) is 24.8 Å². The third kappa shape index (κ3) is 6.45. The summed E-state index contributed by atoms with van der Waals surface area (Å²) < 4.78 is 4.51. The number of nitrogen functional groups attached to an aromatic ring is 1. The quantitative estimate of drug-likeness (QED) is 0.441. The number of carbonyl (C=O) groups excluding carboxylic acids is 2. The minimum absolute atomic E-state index is 0.0123. The zero-order chi connectivity index (χ0) is 14.1. The van der Waals surface area contributed by atoms with Gasteiger partial charge in [0, 0.05) is 25.1 Å². The molecule has 1 amide bonds. The van der Waals surface area contributed by atoms with Crippen molar-refractivity contribution in [3.8, 4) is 0 Å². The predicted molar refractivity (Wildman–Crippen MR) is 73.4 cm³/mol. The van der Waals surface area contributed by atoms with Gasteiger partial charge in [-0.25, -0.2) is 0 Å². The van der Waals surface area contributed by atoms with E-state index in [1.807, 2.05) is 24.3 Å². The second-order valence-electron chi connectivity index (χ2n) is 4.27. The molecular formula is C14H20N2O3. The number of hydrogen-bond acceptors (Lipinski definition) is 4. The lowest BCUT2D eigenvalue weighted by molar-refractivity contribution is -0.140. The van der Waals surface area contributed by atoms with E-state index < -0.39 is 0 Å². The maximum atomic E-state index is 11.5. The number of benzene rings is 1. The number of carbonyl (C=O) groups is 2. The summed E-state index contributed by atoms with van der Waals surface area (Å²) in [5.41, 5.74) is 7.38. The first-order chi connectivity index (χ1) is 9.11. The number of anilines is 1. The van der Waals surface area contributed by atoms with Gasteiger partial charge < -0.3 is 15.8 Å². The smallest absolute Gasteiger partial charge is 0.305 e. The lowest BCUT2D eigenvalue weighted by Gasteiger charge is -2.05. The van der Waals surface area contributed by atoms with Crippen LogP contribution in [0.5, 0.6) is 0 Å². The van der Waals surface area contributed by atoms with Crippen LogP contribution in [0.2, 0.25) is 0 Å². The standard InChI is InChI=1S/C14H20N2O3/c1-19-14(18)3-2-10-16-13(17)9-6-11-4-7-12(15)8-5-11/h4-5,7-8H,2-3,6,9-10,15H2,1H3,(H,16,17). The Kier molecular flexibility index (Phi) is 6.43. The van der Waals surface area contributed by atoms with E-state index in [0.29, 0.717) is 32.2 Å². The normalized spacial score (nSPS) is 9.95. The molecule has 1 aromatic carbocycles. The molecule has 19 heavy (non-hydrogen) atoms. The summed E-state index contributed by atoms with van der Waals surface area (Å²) in [4.78, 5) is 22.4. The van der Waals surface area contributed by atoms with E-state index in [-0.39, 0.29) is 11.9 Å². The van der Waals surface area contributed by atoms with E-state index in [4.69, 9.17) is 5.73 Å². The summed E-state index contributed by atoms with van der Waals surface area (Å²) in [6.45, 7) is 0.496. The van der Waals surface area contributed by atoms with Gasteiger partial charge in [0.05, 0.1) is 7.11 Å². The minimum Gasteiger partial charge on any atom is -0.469 e. The first-order valence-corrected chi connectivity index (χ1v) is 6.29. The van der Waals surface area contributed by atoms with Crippen molar-refractivity contribution >= 4 is 17.6 Å². The van der Waals surface area contributed by atoms with Crippen LogP contribution in [0, 0.1) is 0 Å². The van der Waals surface area contributed by atoms with Crippen molar-refractivity contribution in [1.29, 1.82) is 0 Å². The minimum atomic E-state index is -0.254. The maximum absolute atomic E-state index is 11.5. The zero-order valence-corrected chi connectivity index (χ0v) is 11.1. The van der Waals surface area contributed by atoms with E-state index in [2.05, 4.69) is 10.1 Å². The molecule has 0 saturated carbocycles. The fourth-order valence-corrected chi connectivity index (χ4v) is 1.59. The number of nitrogens with one attached hydrogen (secondary N) is 1. The summed E-state index contributed by atoms with van der Waals surface area (Å²) in [6, 6.07) is 7.48. The second kappa shape index (κ2) is 8.13. The molecule has 0 unspecified atom stereocenters. The third-order valence-corrected chi connectivity index (χ3v) is 2.73. The maximum Gasteiger partial charge on any atom is 0.305 e. The van der Waals surface area contributed by atoms with Gasteiger partial charge in [0.15, 0.2) is 0 Å². The molecule has 0 atom stereocenters. The monoisotopic (exact) mass is 264 g/mol. The van der Waals surface area contributed by atoms with Crippen molar-refractivity contribution in [2.75, 3.05) is 19.4 Å². The number of nitrogens with two attached hydrogens (primary N) is 1. The summed E-state index contributed by atoms with van der Waals surface area (Å²) in [7, 11) is 1.35. The van der Waals surface area contributed by atoms with Crippen molar-refractivity contribution < 1.29 is 14.3 Å². The fourth-order valence-electron chi connectivity index (χ4n) is 1.59. The molecule has 104 valence electrons. The number of methoxy groups -OCH3 is 1. The van der Waals surface area contributed by atoms with Crippen LogP contribution in [0.4, 0.5) is 5.69 Å². The first-order valence-electron chi connectivity index (χ1n) is 6.29. The van der Waals surface area contributed by atoms with Gasteiger partial charge in [-0.3, -0.25) is 9.59 Å². The second-order valence-corrected chi connectivity index (χ2v) is 4.27. The molecule has 1 rings (SSSR count). The Morgan fingerprint density at radius 2 is 1.89 bits per heavy atom. The van der Waals surface area contributed by atoms with Crippen LogP contribution in [0.3, 0.4) is 0 Å². The Morgan fingerprint density at radius 1 is 1.21 bits per heavy atom. The van der Waals surface area contributed by atoms with E-state index in [0.717, 1.165) is 11.3 Å². The van der Waals surface area contributed by atoms with Crippen LogP contribution in [-0.4, -0.2) is 25.5 Å². The number of esters is 1. The molecule has 0 bridgehead atoms. The van der Waals surface area contributed by atoms with E-state index in [1.54, 1.807) is 0 Å². The molecule has 1 aromatic rings. The van der Waals surface area contributed by atoms with Crippen LogP contribution >= 0.6 is 0 Å². The van der Waals surface area contributed by atoms with Crippen LogP contribution in [0.15, 0.2) is 24.3 Å². The summed E-state index contributed by atoms with van der Waals surface area (Å²) in [5.74, 6) is -0.266. The van der Waals surface area contributed by atoms with Gasteiger partial charge in [0.1, 0.15) is 0 Å². The SMILES string of the molecule is COC(=O)CCCNC(=O)CCc1ccc(N)cc1. The molecule has 5 heteroatoms. The number of amides is 1. The number of hydrogen-bond donors (Lipinski definition) is 2. The molecule has 0 aliphatic heterocycles. The number of aryl methyl sites for hydroxylation is 1. The van der Waals surface area contributed by atoms with Crippen LogP contribution in [-0.2, 0) is 20.7 Å². The molecule has 0 radical (unpaired) electrons. The zero-order valence-electron chi connectivity index (χ0n) is 11.1. The van der Waals surface area contributed by atoms with Crippen molar-refractivity contribution in [2.45, 2.75) is 25.7 Å². The van der Waals surface area contributed by atoms with Crippen molar-refractivity contribution in [3.05, 3.63) is 29.8 Å². The summed E-state index contributed by atoms with van der Waals surface area (Å²) in [5, 5.41) is 2.77. The fraction of sp³-hybridized carbons (Fsp3) is 0.429. The molecule has 0 spiro atoms. The van der Waals surface area contributed by atoms with E-state index in [1.165, 1.54) is 7.11 Å². The predicted octanol–water partition coefficient (Wildman–Crippen LogP) is 1.27. The number of rotatable bonds is 7. The Balaban J connectivity index is 2.14. The van der Waals surface area contributed by atoms with Gasteiger partial charge in [-0.1, -0.05) is 12.1 Å². The highest BCUT2D eigenvalue weighted by Gasteiger charge is 2.03. The lowest BCUT2D eigenvalue weighted by Crippen LogP contribution is -2.25. The Hall–Kier alpha value is -2.04. The third-order valence-electron chi connectivity index (χ3n) is 2.73. The lowest BCUT2D eigenvalue weighted by atomic mass is 10.1. The number of ether oxygens (including phenoxy) is 1. The molecular weight excluding hydrogens is 244 g/mol. The van der Waals surface area contributed by atoms with Gasteiger partial charge in [-0.05, 0) is 30.5 Å². The highest BCUT2D eigenvalue weighted by molar-refractivity contribution is 5.76. The van der Waals surface area contributed by atoms with Crippen LogP contribution < -0.4 is 11.1 Å². The van der Waals surface area contributed by atoms with Gasteiger partial charge in [-0.15, -0.1) is 0 Å². The molecule has 0 fully saturated rings. The molecule has 5 nitrogen and oxygen atoms in total. The topological polar surface area (TPSA) is 81.4 Å². The molecule has 0 aliphatic carbocycles. The highest BCUT2D eigenvalue weighted by Crippen LogP contribution is 2.07. The van der Waals surface area contributed by atoms with Gasteiger partial charge >= 0.3 is 5.97 Å². The average Bonchev–Trinajstić information content (AvgIpc) is 2.42. The Labute approximate surface area is 113 Å². The van der Waals surface area contributed by atoms with Gasteiger partial charge in [-0.2, -0.15) is 0 Å². The van der Waals surface area contributed by atoms with Crippen LogP contribution in [0.25, 0.3) is 0 Å². The first kappa shape index (κ1) is 15.0. The Morgan fingerprint density at radius 3 is 2.53 bits per heavy atom. The molecule has 0 heterocycles. The van der Waals surface area contributed by atoms with E-state index in [9.17, 15) is 9.59 Å². The van der Waals surface area contributed by atoms with Crippen molar-refractivity contribution in [1.82, 2.24) is 5.32 Å². The average molecular weight is 264 g/mol. The summed E-state index contributed by atoms with van der Waals surface area (Å²) >= 11 is 0. The molecule has 3 N–H and O–H groups in total. The van der Waals surface area contributed by atoms with Gasteiger partial charge in [0.25, 0.3) is 0 Å². The Bertz CT molecular complexity index is 415.